The fraction of sp³-hybridized carbons (Fsp3) is 0.391. The van der Waals surface area contributed by atoms with Crippen molar-refractivity contribution in [2.45, 2.75) is 32.6 Å². The molecule has 0 unspecified atom stereocenters. The Morgan fingerprint density at radius 1 is 1.21 bits per heavy atom. The fourth-order valence-corrected chi connectivity index (χ4v) is 4.60. The van der Waals surface area contributed by atoms with Gasteiger partial charge in [0.1, 0.15) is 0 Å². The van der Waals surface area contributed by atoms with Gasteiger partial charge in [0.05, 0.1) is 5.41 Å². The van der Waals surface area contributed by atoms with Gasteiger partial charge in [0, 0.05) is 30.9 Å². The molecule has 0 bridgehead atoms. The standard InChI is InChI=1S/C23H28N2O2S/c1-3-13-24-22(27)23(11-14-25(15-12-23)21(26)4-2)17-18-7-9-19(10-8-18)20-6-5-16-28-20/h3,5-10,16H,1,4,11-15,17H2,2H3,(H,24,27). The number of amides is 2. The van der Waals surface area contributed by atoms with E-state index in [1.165, 1.54) is 10.4 Å². The molecule has 1 aliphatic rings. The van der Waals surface area contributed by atoms with Crippen molar-refractivity contribution >= 4 is 23.2 Å². The molecule has 148 valence electrons. The van der Waals surface area contributed by atoms with Crippen LogP contribution in [0.3, 0.4) is 0 Å². The Labute approximate surface area is 171 Å². The Kier molecular flexibility index (Phi) is 6.68. The molecule has 1 aliphatic heterocycles. The molecule has 0 atom stereocenters. The van der Waals surface area contributed by atoms with Crippen LogP contribution in [0.25, 0.3) is 10.4 Å². The molecule has 0 spiro atoms. The Balaban J connectivity index is 1.77. The zero-order valence-electron chi connectivity index (χ0n) is 16.4. The van der Waals surface area contributed by atoms with Gasteiger partial charge in [-0.2, -0.15) is 0 Å². The summed E-state index contributed by atoms with van der Waals surface area (Å²) in [7, 11) is 0. The van der Waals surface area contributed by atoms with E-state index in [9.17, 15) is 9.59 Å². The molecule has 28 heavy (non-hydrogen) atoms. The van der Waals surface area contributed by atoms with E-state index in [1.54, 1.807) is 17.4 Å². The molecule has 1 fully saturated rings. The van der Waals surface area contributed by atoms with E-state index in [0.29, 0.717) is 45.3 Å². The Hall–Kier alpha value is -2.40. The Bertz CT molecular complexity index is 804. The average Bonchev–Trinajstić information content (AvgIpc) is 3.27. The molecule has 1 aromatic heterocycles. The molecule has 1 aromatic carbocycles. The van der Waals surface area contributed by atoms with Crippen molar-refractivity contribution < 1.29 is 9.59 Å². The van der Waals surface area contributed by atoms with Crippen molar-refractivity contribution in [3.8, 4) is 10.4 Å². The molecule has 3 rings (SSSR count). The number of carbonyl (C=O) groups excluding carboxylic acids is 2. The predicted molar refractivity (Wildman–Crippen MR) is 115 cm³/mol. The smallest absolute Gasteiger partial charge is 0.226 e. The summed E-state index contributed by atoms with van der Waals surface area (Å²) in [6.07, 6.45) is 4.29. The summed E-state index contributed by atoms with van der Waals surface area (Å²) in [5.74, 6) is 0.235. The van der Waals surface area contributed by atoms with Crippen molar-refractivity contribution in [2.24, 2.45) is 5.41 Å². The third kappa shape index (κ3) is 4.53. The molecule has 2 aromatic rings. The summed E-state index contributed by atoms with van der Waals surface area (Å²) in [5.41, 5.74) is 1.88. The van der Waals surface area contributed by atoms with E-state index in [4.69, 9.17) is 0 Å². The van der Waals surface area contributed by atoms with Crippen molar-refractivity contribution in [2.75, 3.05) is 19.6 Å². The minimum absolute atomic E-state index is 0.0679. The quantitative estimate of drug-likeness (QED) is 0.710. The van der Waals surface area contributed by atoms with Gasteiger partial charge in [-0.25, -0.2) is 0 Å². The molecule has 1 saturated heterocycles. The molecule has 0 radical (unpaired) electrons. The second-order valence-corrected chi connectivity index (χ2v) is 8.31. The first-order valence-electron chi connectivity index (χ1n) is 9.88. The first kappa shape index (κ1) is 20.3. The van der Waals surface area contributed by atoms with Gasteiger partial charge in [0.25, 0.3) is 0 Å². The highest BCUT2D eigenvalue weighted by Gasteiger charge is 2.41. The van der Waals surface area contributed by atoms with Gasteiger partial charge in [0.2, 0.25) is 11.8 Å². The molecule has 2 heterocycles. The first-order valence-corrected chi connectivity index (χ1v) is 10.8. The van der Waals surface area contributed by atoms with Crippen LogP contribution in [0.4, 0.5) is 0 Å². The van der Waals surface area contributed by atoms with Gasteiger partial charge in [0.15, 0.2) is 0 Å². The highest BCUT2D eigenvalue weighted by atomic mass is 32.1. The van der Waals surface area contributed by atoms with Gasteiger partial charge in [-0.15, -0.1) is 17.9 Å². The summed E-state index contributed by atoms with van der Waals surface area (Å²) in [4.78, 5) is 28.2. The van der Waals surface area contributed by atoms with Gasteiger partial charge in [-0.3, -0.25) is 9.59 Å². The van der Waals surface area contributed by atoms with Crippen LogP contribution < -0.4 is 5.32 Å². The molecule has 2 amide bonds. The van der Waals surface area contributed by atoms with Crippen molar-refractivity contribution in [1.29, 1.82) is 0 Å². The number of rotatable bonds is 7. The zero-order chi connectivity index (χ0) is 20.0. The van der Waals surface area contributed by atoms with E-state index in [-0.39, 0.29) is 11.8 Å². The van der Waals surface area contributed by atoms with Gasteiger partial charge >= 0.3 is 0 Å². The Morgan fingerprint density at radius 2 is 1.93 bits per heavy atom. The molecule has 5 heteroatoms. The topological polar surface area (TPSA) is 49.4 Å². The van der Waals surface area contributed by atoms with Crippen LogP contribution in [0.15, 0.2) is 54.4 Å². The highest BCUT2D eigenvalue weighted by Crippen LogP contribution is 2.36. The molecular weight excluding hydrogens is 368 g/mol. The van der Waals surface area contributed by atoms with E-state index >= 15 is 0 Å². The largest absolute Gasteiger partial charge is 0.352 e. The maximum Gasteiger partial charge on any atom is 0.226 e. The lowest BCUT2D eigenvalue weighted by molar-refractivity contribution is -0.140. The lowest BCUT2D eigenvalue weighted by atomic mass is 9.72. The number of hydrogen-bond acceptors (Lipinski definition) is 3. The van der Waals surface area contributed by atoms with Crippen LogP contribution in [-0.2, 0) is 16.0 Å². The van der Waals surface area contributed by atoms with Crippen LogP contribution in [0.2, 0.25) is 0 Å². The number of nitrogens with zero attached hydrogens (tertiary/aromatic N) is 1. The molecule has 0 saturated carbocycles. The monoisotopic (exact) mass is 396 g/mol. The number of thiophene rings is 1. The number of carbonyl (C=O) groups is 2. The van der Waals surface area contributed by atoms with Gasteiger partial charge in [-0.1, -0.05) is 43.3 Å². The Morgan fingerprint density at radius 3 is 2.50 bits per heavy atom. The third-order valence-electron chi connectivity index (χ3n) is 5.57. The normalized spacial score (nSPS) is 15.8. The third-order valence-corrected chi connectivity index (χ3v) is 6.49. The minimum atomic E-state index is -0.474. The maximum absolute atomic E-state index is 13.0. The molecule has 4 nitrogen and oxygen atoms in total. The van der Waals surface area contributed by atoms with E-state index in [0.717, 1.165) is 5.56 Å². The molecule has 1 N–H and O–H groups in total. The number of benzene rings is 1. The number of likely N-dealkylation sites (tertiary alicyclic amines) is 1. The number of nitrogens with one attached hydrogen (secondary N) is 1. The average molecular weight is 397 g/mol. The van der Waals surface area contributed by atoms with Crippen molar-refractivity contribution in [1.82, 2.24) is 10.2 Å². The maximum atomic E-state index is 13.0. The van der Waals surface area contributed by atoms with Crippen LogP contribution in [-0.4, -0.2) is 36.3 Å². The lowest BCUT2D eigenvalue weighted by Crippen LogP contribution is -2.51. The summed E-state index contributed by atoms with van der Waals surface area (Å²) in [6.45, 7) is 7.33. The van der Waals surface area contributed by atoms with Gasteiger partial charge < -0.3 is 10.2 Å². The SMILES string of the molecule is C=CCNC(=O)C1(Cc2ccc(-c3cccs3)cc2)CCN(C(=O)CC)CC1. The predicted octanol–water partition coefficient (Wildman–Crippen LogP) is 4.28. The molecule has 0 aliphatic carbocycles. The summed E-state index contributed by atoms with van der Waals surface area (Å²) < 4.78 is 0. The van der Waals surface area contributed by atoms with E-state index in [1.807, 2.05) is 11.8 Å². The fourth-order valence-electron chi connectivity index (χ4n) is 3.86. The van der Waals surface area contributed by atoms with Crippen molar-refractivity contribution in [3.05, 3.63) is 60.0 Å². The van der Waals surface area contributed by atoms with E-state index in [2.05, 4.69) is 53.7 Å². The second kappa shape index (κ2) is 9.20. The lowest BCUT2D eigenvalue weighted by Gasteiger charge is -2.41. The highest BCUT2D eigenvalue weighted by molar-refractivity contribution is 7.13. The van der Waals surface area contributed by atoms with Crippen LogP contribution >= 0.6 is 11.3 Å². The van der Waals surface area contributed by atoms with Crippen LogP contribution in [0.1, 0.15) is 31.7 Å². The summed E-state index contributed by atoms with van der Waals surface area (Å²) in [5, 5.41) is 5.07. The van der Waals surface area contributed by atoms with Gasteiger partial charge in [-0.05, 0) is 41.8 Å². The summed E-state index contributed by atoms with van der Waals surface area (Å²) in [6, 6.07) is 12.7. The first-order chi connectivity index (χ1) is 13.6. The zero-order valence-corrected chi connectivity index (χ0v) is 17.3. The van der Waals surface area contributed by atoms with Crippen molar-refractivity contribution in [3.63, 3.8) is 0 Å². The second-order valence-electron chi connectivity index (χ2n) is 7.36. The minimum Gasteiger partial charge on any atom is -0.352 e. The number of hydrogen-bond donors (Lipinski definition) is 1. The van der Waals surface area contributed by atoms with Crippen LogP contribution in [0.5, 0.6) is 0 Å². The summed E-state index contributed by atoms with van der Waals surface area (Å²) >= 11 is 1.72. The van der Waals surface area contributed by atoms with E-state index < -0.39 is 5.41 Å². The van der Waals surface area contributed by atoms with Crippen LogP contribution in [0, 0.1) is 5.41 Å². The number of piperidine rings is 1. The molecular formula is C23H28N2O2S.